The smallest absolute Gasteiger partial charge is 0.0795 e. The van der Waals surface area contributed by atoms with Crippen molar-refractivity contribution >= 4 is 44.8 Å². The Bertz CT molecular complexity index is 2220. The Kier molecular flexibility index (Phi) is 9.18. The van der Waals surface area contributed by atoms with Gasteiger partial charge in [-0.15, -0.1) is 53.1 Å². The van der Waals surface area contributed by atoms with Crippen LogP contribution in [-0.2, 0) is 20.1 Å². The Morgan fingerprint density at radius 2 is 1.57 bits per heavy atom. The van der Waals surface area contributed by atoms with E-state index in [1.807, 2.05) is 48.8 Å². The number of hydrogen-bond donors (Lipinski definition) is 0. The zero-order valence-electron chi connectivity index (χ0n) is 30.3. The molecule has 239 valence electrons. The van der Waals surface area contributed by atoms with Crippen molar-refractivity contribution in [3.05, 3.63) is 138 Å². The number of pyridine rings is 2. The molecule has 47 heavy (non-hydrogen) atoms. The van der Waals surface area contributed by atoms with Crippen LogP contribution in [0.5, 0.6) is 0 Å². The number of halogens is 1. The third-order valence-corrected chi connectivity index (χ3v) is 11.3. The van der Waals surface area contributed by atoms with Gasteiger partial charge < -0.3 is 9.97 Å². The number of rotatable bonds is 4. The van der Waals surface area contributed by atoms with E-state index in [4.69, 9.17) is 4.11 Å². The monoisotopic (exact) mass is 832 g/mol. The second-order valence-corrected chi connectivity index (χ2v) is 18.8. The molecule has 0 atom stereocenters. The summed E-state index contributed by atoms with van der Waals surface area (Å²) in [6.45, 7) is 11.2. The zero-order chi connectivity index (χ0) is 35.1. The van der Waals surface area contributed by atoms with Gasteiger partial charge in [-0.2, -0.15) is 11.3 Å². The normalized spacial score (nSPS) is 12.4. The fourth-order valence-electron chi connectivity index (χ4n) is 5.86. The van der Waals surface area contributed by atoms with Crippen LogP contribution < -0.4 is 5.19 Å². The van der Waals surface area contributed by atoms with Gasteiger partial charge in [-0.1, -0.05) is 80.6 Å². The van der Waals surface area contributed by atoms with Crippen LogP contribution in [0.25, 0.3) is 53.8 Å². The molecule has 0 spiro atoms. The van der Waals surface area contributed by atoms with E-state index in [-0.39, 0.29) is 25.9 Å². The van der Waals surface area contributed by atoms with Gasteiger partial charge in [0.25, 0.3) is 0 Å². The van der Waals surface area contributed by atoms with Crippen molar-refractivity contribution in [2.45, 2.75) is 47.3 Å². The Balaban J connectivity index is 0.000000204. The topological polar surface area (TPSA) is 25.8 Å². The summed E-state index contributed by atoms with van der Waals surface area (Å²) in [5.74, 6) is -0.234. The summed E-state index contributed by atoms with van der Waals surface area (Å²) < 4.78 is 38.7. The van der Waals surface area contributed by atoms with E-state index >= 15 is 0 Å². The maximum Gasteiger partial charge on any atom is 0.0795 e. The summed E-state index contributed by atoms with van der Waals surface area (Å²) in [6.07, 6.45) is 3.76. The number of nitrogens with zero attached hydrogens (tertiary/aromatic N) is 2. The molecule has 3 aromatic heterocycles. The minimum Gasteiger partial charge on any atom is -0.305 e. The van der Waals surface area contributed by atoms with Gasteiger partial charge in [0.2, 0.25) is 0 Å². The van der Waals surface area contributed by atoms with E-state index in [9.17, 15) is 4.39 Å². The molecule has 0 amide bonds. The van der Waals surface area contributed by atoms with Gasteiger partial charge in [-0.25, -0.2) is 0 Å². The number of fused-ring (bicyclic) bond motifs is 3. The summed E-state index contributed by atoms with van der Waals surface area (Å²) in [5, 5.41) is 2.91. The largest absolute Gasteiger partial charge is 0.305 e. The van der Waals surface area contributed by atoms with Crippen LogP contribution in [0.1, 0.15) is 26.4 Å². The van der Waals surface area contributed by atoms with Gasteiger partial charge in [-0.05, 0) is 87.2 Å². The van der Waals surface area contributed by atoms with Crippen LogP contribution in [0.4, 0.5) is 4.39 Å². The fraction of sp³-hybridized carbons (Fsp3) is 0.171. The molecule has 0 aliphatic heterocycles. The maximum absolute atomic E-state index is 14.7. The molecule has 6 heteroatoms. The van der Waals surface area contributed by atoms with Crippen LogP contribution in [0.15, 0.2) is 97.3 Å². The van der Waals surface area contributed by atoms with Crippen molar-refractivity contribution in [1.82, 2.24) is 9.97 Å². The van der Waals surface area contributed by atoms with Gasteiger partial charge in [0.05, 0.1) is 8.07 Å². The molecule has 7 aromatic rings. The van der Waals surface area contributed by atoms with Gasteiger partial charge in [0.1, 0.15) is 0 Å². The van der Waals surface area contributed by atoms with Crippen molar-refractivity contribution in [1.29, 1.82) is 0 Å². The second-order valence-electron chi connectivity index (χ2n) is 12.7. The van der Waals surface area contributed by atoms with Crippen LogP contribution in [0.2, 0.25) is 19.6 Å². The van der Waals surface area contributed by atoms with Gasteiger partial charge in [-0.3, -0.25) is 4.39 Å². The van der Waals surface area contributed by atoms with Crippen LogP contribution in [0.3, 0.4) is 0 Å². The molecular formula is C41H37FIrN2SSi-2. The molecule has 0 unspecified atom stereocenters. The van der Waals surface area contributed by atoms with Crippen molar-refractivity contribution in [2.24, 2.45) is 0 Å². The summed E-state index contributed by atoms with van der Waals surface area (Å²) in [6, 6.07) is 33.1. The van der Waals surface area contributed by atoms with Crippen molar-refractivity contribution in [2.75, 3.05) is 0 Å². The molecular weight excluding hydrogens is 792 g/mol. The first kappa shape index (κ1) is 30.5. The summed E-state index contributed by atoms with van der Waals surface area (Å²) in [5.41, 5.74) is 9.72. The first-order chi connectivity index (χ1) is 23.2. The molecule has 0 N–H and O–H groups in total. The maximum atomic E-state index is 14.7. The third kappa shape index (κ3) is 7.37. The summed E-state index contributed by atoms with van der Waals surface area (Å²) >= 11 is 1.60. The molecule has 0 bridgehead atoms. The molecule has 0 saturated carbocycles. The Labute approximate surface area is 300 Å². The number of aryl methyl sites for hydroxylation is 4. The molecule has 1 radical (unpaired) electrons. The summed E-state index contributed by atoms with van der Waals surface area (Å²) in [7, 11) is -1.34. The number of thiophene rings is 1. The van der Waals surface area contributed by atoms with E-state index in [0.717, 1.165) is 42.9 Å². The molecule has 0 saturated heterocycles. The number of aromatic nitrogens is 2. The molecule has 0 fully saturated rings. The molecule has 4 aromatic carbocycles. The van der Waals surface area contributed by atoms with Crippen LogP contribution in [-0.4, -0.2) is 18.0 Å². The Hall–Kier alpha value is -3.80. The zero-order valence-corrected chi connectivity index (χ0v) is 31.5. The van der Waals surface area contributed by atoms with Gasteiger partial charge >= 0.3 is 0 Å². The Morgan fingerprint density at radius 3 is 2.23 bits per heavy atom. The van der Waals surface area contributed by atoms with E-state index in [1.54, 1.807) is 23.5 Å². The summed E-state index contributed by atoms with van der Waals surface area (Å²) in [4.78, 5) is 9.09. The van der Waals surface area contributed by atoms with E-state index in [1.165, 1.54) is 39.6 Å². The van der Waals surface area contributed by atoms with Crippen LogP contribution in [0, 0.1) is 45.6 Å². The SMILES string of the molecule is Cc1cc(C)c(-c2ccnc(-c3[c-]cc(F)c4c3sc3ccccc34)c2)c(C)c1.[2H]C([2H])([2H])c1c[c-]c(-c2ccc([Si](C)(C)C)cn2)cc1.[Ir]. The molecule has 0 aliphatic carbocycles. The standard InChI is InChI=1S/C26H19FNS.C15H18NSi.Ir/c1-15-12-16(2)24(17(3)13-15)18-10-11-28-22(14-18)19-8-9-21(27)25-20-6-4-5-7-23(20)29-26(19)25;1-12-5-7-13(8-6-12)15-10-9-14(11-16-15)17(2,3)4;/h4-7,9-14H,1-3H3;5-7,9-11H,1-4H3;/q2*-1;/i;1D3;. The molecule has 3 heterocycles. The number of hydrogen-bond acceptors (Lipinski definition) is 3. The first-order valence-electron chi connectivity index (χ1n) is 16.8. The van der Waals surface area contributed by atoms with Crippen molar-refractivity contribution < 1.29 is 28.6 Å². The van der Waals surface area contributed by atoms with E-state index in [0.29, 0.717) is 10.9 Å². The molecule has 7 rings (SSSR count). The van der Waals surface area contributed by atoms with Crippen LogP contribution >= 0.6 is 11.3 Å². The predicted octanol–water partition coefficient (Wildman–Crippen LogP) is 11.0. The quantitative estimate of drug-likeness (QED) is 0.130. The average molecular weight is 832 g/mol. The average Bonchev–Trinajstić information content (AvgIpc) is 3.45. The molecule has 2 nitrogen and oxygen atoms in total. The minimum absolute atomic E-state index is 0. The van der Waals surface area contributed by atoms with E-state index in [2.05, 4.69) is 86.8 Å². The van der Waals surface area contributed by atoms with Crippen molar-refractivity contribution in [3.63, 3.8) is 0 Å². The fourth-order valence-corrected chi connectivity index (χ4v) is 8.12. The minimum atomic E-state index is -2.08. The molecule has 0 aliphatic rings. The Morgan fingerprint density at radius 1 is 0.809 bits per heavy atom. The second kappa shape index (κ2) is 14.1. The van der Waals surface area contributed by atoms with Gasteiger partial charge in [0.15, 0.2) is 0 Å². The first-order valence-corrected chi connectivity index (χ1v) is 19.6. The predicted molar refractivity (Wildman–Crippen MR) is 197 cm³/mol. The van der Waals surface area contributed by atoms with Crippen molar-refractivity contribution in [3.8, 4) is 33.6 Å². The van der Waals surface area contributed by atoms with Gasteiger partial charge in [0, 0.05) is 47.1 Å². The third-order valence-electron chi connectivity index (χ3n) is 8.10. The van der Waals surface area contributed by atoms with E-state index < -0.39 is 14.9 Å². The number of benzene rings is 4.